The van der Waals surface area contributed by atoms with Gasteiger partial charge in [-0.15, -0.1) is 5.10 Å². The van der Waals surface area contributed by atoms with Gasteiger partial charge in [-0.1, -0.05) is 5.21 Å². The van der Waals surface area contributed by atoms with Crippen LogP contribution in [0, 0.1) is 21.7 Å². The van der Waals surface area contributed by atoms with Gasteiger partial charge < -0.3 is 5.73 Å². The molecule has 9 heteroatoms. The molecule has 0 fully saturated rings. The largest absolute Gasteiger partial charge is 0.330 e. The van der Waals surface area contributed by atoms with Crippen molar-refractivity contribution in [3.63, 3.8) is 0 Å². The molecule has 0 bridgehead atoms. The minimum Gasteiger partial charge on any atom is -0.330 e. The summed E-state index contributed by atoms with van der Waals surface area (Å²) in [5, 5.41) is 18.1. The third-order valence-electron chi connectivity index (χ3n) is 2.64. The van der Waals surface area contributed by atoms with Crippen LogP contribution in [0.3, 0.4) is 0 Å². The maximum Gasteiger partial charge on any atom is 0.307 e. The monoisotopic (exact) mass is 283 g/mol. The fourth-order valence-electron chi connectivity index (χ4n) is 1.66. The van der Waals surface area contributed by atoms with E-state index in [4.69, 9.17) is 5.73 Å². The summed E-state index contributed by atoms with van der Waals surface area (Å²) in [7, 11) is 0. The molecule has 0 spiro atoms. The van der Waals surface area contributed by atoms with Crippen LogP contribution >= 0.6 is 0 Å². The molecular weight excluding hydrogens is 272 g/mol. The molecule has 0 saturated heterocycles. The first-order chi connectivity index (χ1) is 9.52. The van der Waals surface area contributed by atoms with Crippen molar-refractivity contribution in [3.05, 3.63) is 45.8 Å². The number of hydrogen-bond acceptors (Lipinski definition) is 5. The van der Waals surface area contributed by atoms with Crippen LogP contribution in [0.4, 0.5) is 14.5 Å². The summed E-state index contributed by atoms with van der Waals surface area (Å²) < 4.78 is 27.9. The van der Waals surface area contributed by atoms with Crippen LogP contribution < -0.4 is 5.73 Å². The maximum absolute atomic E-state index is 13.7. The molecule has 1 aromatic heterocycles. The Balaban J connectivity index is 2.39. The van der Waals surface area contributed by atoms with Gasteiger partial charge in [0.2, 0.25) is 5.82 Å². The third kappa shape index (κ3) is 2.77. The van der Waals surface area contributed by atoms with Crippen molar-refractivity contribution in [3.8, 4) is 5.69 Å². The number of halogens is 2. The fourth-order valence-corrected chi connectivity index (χ4v) is 1.66. The van der Waals surface area contributed by atoms with Gasteiger partial charge in [-0.3, -0.25) is 10.1 Å². The van der Waals surface area contributed by atoms with E-state index in [1.54, 1.807) is 0 Å². The zero-order valence-corrected chi connectivity index (χ0v) is 10.3. The minimum absolute atomic E-state index is 0.232. The Morgan fingerprint density at radius 3 is 2.75 bits per heavy atom. The van der Waals surface area contributed by atoms with Crippen LogP contribution in [0.25, 0.3) is 5.69 Å². The Hall–Kier alpha value is -2.42. The van der Waals surface area contributed by atoms with Crippen molar-refractivity contribution in [2.45, 2.75) is 12.8 Å². The minimum atomic E-state index is -1.24. The summed E-state index contributed by atoms with van der Waals surface area (Å²) in [6.07, 6.45) is 2.67. The number of hydrogen-bond donors (Lipinski definition) is 1. The summed E-state index contributed by atoms with van der Waals surface area (Å²) in [6.45, 7) is 0.475. The number of aromatic nitrogens is 3. The predicted molar refractivity (Wildman–Crippen MR) is 65.3 cm³/mol. The van der Waals surface area contributed by atoms with E-state index >= 15 is 0 Å². The zero-order valence-electron chi connectivity index (χ0n) is 10.3. The molecule has 0 aliphatic heterocycles. The van der Waals surface area contributed by atoms with Gasteiger partial charge >= 0.3 is 5.69 Å². The number of nitrogens with zero attached hydrogens (tertiary/aromatic N) is 4. The molecule has 0 amide bonds. The Kier molecular flexibility index (Phi) is 3.99. The molecule has 7 nitrogen and oxygen atoms in total. The van der Waals surface area contributed by atoms with E-state index in [9.17, 15) is 18.9 Å². The molecule has 1 heterocycles. The van der Waals surface area contributed by atoms with Gasteiger partial charge in [-0.05, 0) is 19.4 Å². The van der Waals surface area contributed by atoms with E-state index in [0.717, 1.165) is 10.7 Å². The fraction of sp³-hybridized carbons (Fsp3) is 0.273. The van der Waals surface area contributed by atoms with E-state index in [1.165, 1.54) is 6.20 Å². The first-order valence-electron chi connectivity index (χ1n) is 5.78. The summed E-state index contributed by atoms with van der Waals surface area (Å²) in [5.41, 5.74) is 4.88. The van der Waals surface area contributed by atoms with Gasteiger partial charge in [0.1, 0.15) is 5.69 Å². The average Bonchev–Trinajstić information content (AvgIpc) is 2.84. The van der Waals surface area contributed by atoms with Crippen molar-refractivity contribution < 1.29 is 13.7 Å². The van der Waals surface area contributed by atoms with Gasteiger partial charge in [0.05, 0.1) is 16.8 Å². The second-order valence-corrected chi connectivity index (χ2v) is 4.06. The second kappa shape index (κ2) is 5.70. The Bertz CT molecular complexity index is 644. The van der Waals surface area contributed by atoms with Gasteiger partial charge in [0, 0.05) is 12.1 Å². The quantitative estimate of drug-likeness (QED) is 0.659. The molecule has 0 radical (unpaired) electrons. The number of benzene rings is 1. The van der Waals surface area contributed by atoms with Crippen molar-refractivity contribution in [1.29, 1.82) is 0 Å². The molecule has 20 heavy (non-hydrogen) atoms. The van der Waals surface area contributed by atoms with Crippen molar-refractivity contribution in [1.82, 2.24) is 15.0 Å². The highest BCUT2D eigenvalue weighted by Gasteiger charge is 2.20. The first-order valence-corrected chi connectivity index (χ1v) is 5.78. The SMILES string of the molecule is NCCCc1cn(-c2cc([N+](=O)[O-])c(F)cc2F)nn1. The number of aryl methyl sites for hydroxylation is 1. The molecule has 2 rings (SSSR count). The third-order valence-corrected chi connectivity index (χ3v) is 2.64. The van der Waals surface area contributed by atoms with Crippen LogP contribution in [0.5, 0.6) is 0 Å². The molecule has 0 saturated carbocycles. The van der Waals surface area contributed by atoms with Crippen molar-refractivity contribution in [2.75, 3.05) is 6.54 Å². The number of nitro benzene ring substituents is 1. The number of rotatable bonds is 5. The number of nitro groups is 1. The maximum atomic E-state index is 13.7. The highest BCUT2D eigenvalue weighted by molar-refractivity contribution is 5.45. The second-order valence-electron chi connectivity index (χ2n) is 4.06. The van der Waals surface area contributed by atoms with E-state index in [-0.39, 0.29) is 5.69 Å². The molecular formula is C11H11F2N5O2. The summed E-state index contributed by atoms with van der Waals surface area (Å²) in [4.78, 5) is 9.72. The first kappa shape index (κ1) is 14.0. The van der Waals surface area contributed by atoms with Crippen LogP contribution in [0.15, 0.2) is 18.3 Å². The van der Waals surface area contributed by atoms with Crippen LogP contribution in [-0.2, 0) is 6.42 Å². The Labute approximate surface area is 112 Å². The smallest absolute Gasteiger partial charge is 0.307 e. The highest BCUT2D eigenvalue weighted by atomic mass is 19.1. The molecule has 106 valence electrons. The van der Waals surface area contributed by atoms with Gasteiger partial charge in [-0.2, -0.15) is 4.39 Å². The average molecular weight is 283 g/mol. The molecule has 0 unspecified atom stereocenters. The molecule has 2 N–H and O–H groups in total. The van der Waals surface area contributed by atoms with E-state index in [0.29, 0.717) is 31.1 Å². The van der Waals surface area contributed by atoms with E-state index < -0.39 is 22.2 Å². The standard InChI is InChI=1S/C11H11F2N5O2/c12-8-4-9(13)11(18(19)20)5-10(8)17-6-7(15-16-17)2-1-3-14/h4-6H,1-3,14H2. The molecule has 0 aliphatic carbocycles. The van der Waals surface area contributed by atoms with E-state index in [1.807, 2.05) is 0 Å². The van der Waals surface area contributed by atoms with Crippen LogP contribution in [0.2, 0.25) is 0 Å². The molecule has 0 aliphatic rings. The Morgan fingerprint density at radius 2 is 2.10 bits per heavy atom. The lowest BCUT2D eigenvalue weighted by Gasteiger charge is -2.02. The lowest BCUT2D eigenvalue weighted by Crippen LogP contribution is -2.02. The molecule has 1 aromatic carbocycles. The van der Waals surface area contributed by atoms with Crippen molar-refractivity contribution >= 4 is 5.69 Å². The molecule has 0 atom stereocenters. The summed E-state index contributed by atoms with van der Waals surface area (Å²) >= 11 is 0. The topological polar surface area (TPSA) is 99.9 Å². The van der Waals surface area contributed by atoms with Crippen LogP contribution in [-0.4, -0.2) is 26.5 Å². The lowest BCUT2D eigenvalue weighted by molar-refractivity contribution is -0.387. The predicted octanol–water partition coefficient (Wildman–Crippen LogP) is 1.34. The normalized spacial score (nSPS) is 10.8. The summed E-state index contributed by atoms with van der Waals surface area (Å²) in [5.74, 6) is -2.19. The number of nitrogens with two attached hydrogens (primary N) is 1. The highest BCUT2D eigenvalue weighted by Crippen LogP contribution is 2.23. The Morgan fingerprint density at radius 1 is 1.35 bits per heavy atom. The van der Waals surface area contributed by atoms with Crippen LogP contribution in [0.1, 0.15) is 12.1 Å². The van der Waals surface area contributed by atoms with Gasteiger partial charge in [-0.25, -0.2) is 9.07 Å². The van der Waals surface area contributed by atoms with Crippen molar-refractivity contribution in [2.24, 2.45) is 5.73 Å². The van der Waals surface area contributed by atoms with Gasteiger partial charge in [0.25, 0.3) is 0 Å². The van der Waals surface area contributed by atoms with Gasteiger partial charge in [0.15, 0.2) is 5.82 Å². The lowest BCUT2D eigenvalue weighted by atomic mass is 10.2. The van der Waals surface area contributed by atoms with E-state index in [2.05, 4.69) is 10.3 Å². The molecule has 2 aromatic rings. The summed E-state index contributed by atoms with van der Waals surface area (Å²) in [6, 6.07) is 1.24. The zero-order chi connectivity index (χ0) is 14.7.